The summed E-state index contributed by atoms with van der Waals surface area (Å²) in [6.07, 6.45) is 1.10. The molecule has 0 radical (unpaired) electrons. The quantitative estimate of drug-likeness (QED) is 0.575. The number of carbonyl (C=O) groups is 2. The molecule has 0 saturated heterocycles. The highest BCUT2D eigenvalue weighted by Gasteiger charge is 2.09. The zero-order chi connectivity index (χ0) is 10.0. The minimum absolute atomic E-state index is 0.0509. The van der Waals surface area contributed by atoms with E-state index in [4.69, 9.17) is 5.73 Å². The highest BCUT2D eigenvalue weighted by atomic mass is 16.2. The van der Waals surface area contributed by atoms with Crippen LogP contribution < -0.4 is 11.3 Å². The molecule has 0 fully saturated rings. The molecule has 0 aliphatic heterocycles. The fraction of sp³-hybridized carbons (Fsp3) is 0.143. The number of nitrogens with one attached hydrogen (secondary N) is 1. The van der Waals surface area contributed by atoms with Gasteiger partial charge in [-0.3, -0.25) is 14.4 Å². The zero-order valence-corrected chi connectivity index (χ0v) is 6.83. The normalized spacial score (nSPS) is 9.62. The van der Waals surface area contributed by atoms with E-state index >= 15 is 0 Å². The van der Waals surface area contributed by atoms with Gasteiger partial charge in [-0.1, -0.05) is 0 Å². The summed E-state index contributed by atoms with van der Waals surface area (Å²) in [5, 5.41) is 0. The highest BCUT2D eigenvalue weighted by molar-refractivity contribution is 5.93. The maximum absolute atomic E-state index is 11.0. The number of amides is 1. The average Bonchev–Trinajstić information content (AvgIpc) is 2.03. The summed E-state index contributed by atoms with van der Waals surface area (Å²) in [7, 11) is 0. The summed E-state index contributed by atoms with van der Waals surface area (Å²) >= 11 is 0. The Balaban J connectivity index is 3.29. The highest BCUT2D eigenvalue weighted by Crippen LogP contribution is 1.90. The molecule has 3 N–H and O–H groups in total. The first-order valence-corrected chi connectivity index (χ1v) is 3.42. The minimum Gasteiger partial charge on any atom is -0.364 e. The van der Waals surface area contributed by atoms with Gasteiger partial charge in [0.2, 0.25) is 0 Å². The van der Waals surface area contributed by atoms with Gasteiger partial charge in [0.1, 0.15) is 5.69 Å². The van der Waals surface area contributed by atoms with E-state index in [0.29, 0.717) is 0 Å². The van der Waals surface area contributed by atoms with Crippen molar-refractivity contribution in [1.29, 1.82) is 0 Å². The summed E-state index contributed by atoms with van der Waals surface area (Å²) in [6.45, 7) is 1.27. The van der Waals surface area contributed by atoms with Gasteiger partial charge in [0.15, 0.2) is 11.5 Å². The molecule has 0 aliphatic rings. The number of nitrogens with zero attached hydrogens (tertiary/aromatic N) is 1. The number of aromatic amines is 1. The molecule has 0 saturated carbocycles. The topological polar surface area (TPSA) is 106 Å². The van der Waals surface area contributed by atoms with Gasteiger partial charge >= 0.3 is 0 Å². The molecule has 0 unspecified atom stereocenters. The van der Waals surface area contributed by atoms with Crippen LogP contribution in [0, 0.1) is 0 Å². The van der Waals surface area contributed by atoms with Gasteiger partial charge in [-0.25, -0.2) is 4.98 Å². The van der Waals surface area contributed by atoms with E-state index in [-0.39, 0.29) is 11.5 Å². The van der Waals surface area contributed by atoms with Crippen LogP contribution in [0.15, 0.2) is 11.0 Å². The third kappa shape index (κ3) is 1.78. The first kappa shape index (κ1) is 9.11. The number of hydrogen-bond acceptors (Lipinski definition) is 4. The molecule has 0 atom stereocenters. The zero-order valence-electron chi connectivity index (χ0n) is 6.83. The molecule has 1 heterocycles. The van der Waals surface area contributed by atoms with Crippen molar-refractivity contribution < 1.29 is 9.59 Å². The summed E-state index contributed by atoms with van der Waals surface area (Å²) in [5.74, 6) is -1.25. The fourth-order valence-corrected chi connectivity index (χ4v) is 0.756. The van der Waals surface area contributed by atoms with Crippen LogP contribution in [0.5, 0.6) is 0 Å². The van der Waals surface area contributed by atoms with Crippen LogP contribution in [-0.4, -0.2) is 21.7 Å². The van der Waals surface area contributed by atoms with Crippen molar-refractivity contribution in [3.8, 4) is 0 Å². The van der Waals surface area contributed by atoms with Gasteiger partial charge in [0, 0.05) is 6.92 Å². The molecule has 0 spiro atoms. The lowest BCUT2D eigenvalue weighted by Gasteiger charge is -1.95. The summed E-state index contributed by atoms with van der Waals surface area (Å²) in [5.41, 5.74) is 3.74. The summed E-state index contributed by atoms with van der Waals surface area (Å²) in [6, 6.07) is 0. The third-order valence-electron chi connectivity index (χ3n) is 1.40. The van der Waals surface area contributed by atoms with Gasteiger partial charge in [-0.05, 0) is 0 Å². The van der Waals surface area contributed by atoms with Gasteiger partial charge in [-0.15, -0.1) is 0 Å². The molecule has 1 amide bonds. The molecule has 68 valence electrons. The number of hydrogen-bond donors (Lipinski definition) is 2. The molecule has 13 heavy (non-hydrogen) atoms. The lowest BCUT2D eigenvalue weighted by Crippen LogP contribution is -2.26. The molecular formula is C7H7N3O3. The van der Waals surface area contributed by atoms with Crippen molar-refractivity contribution in [3.63, 3.8) is 0 Å². The summed E-state index contributed by atoms with van der Waals surface area (Å²) < 4.78 is 0. The molecular weight excluding hydrogens is 174 g/mol. The third-order valence-corrected chi connectivity index (χ3v) is 1.40. The van der Waals surface area contributed by atoms with Crippen molar-refractivity contribution >= 4 is 11.7 Å². The minimum atomic E-state index is -0.920. The van der Waals surface area contributed by atoms with Crippen LogP contribution in [0.1, 0.15) is 27.9 Å². The average molecular weight is 181 g/mol. The lowest BCUT2D eigenvalue weighted by atomic mass is 10.3. The van der Waals surface area contributed by atoms with E-state index in [1.807, 2.05) is 0 Å². The van der Waals surface area contributed by atoms with Crippen LogP contribution >= 0.6 is 0 Å². The Kier molecular flexibility index (Phi) is 2.23. The first-order valence-electron chi connectivity index (χ1n) is 3.42. The number of H-pyrrole nitrogens is 1. The van der Waals surface area contributed by atoms with Crippen LogP contribution in [0.2, 0.25) is 0 Å². The fourth-order valence-electron chi connectivity index (χ4n) is 0.756. The van der Waals surface area contributed by atoms with E-state index in [1.165, 1.54) is 6.92 Å². The van der Waals surface area contributed by atoms with Crippen LogP contribution in [0.25, 0.3) is 0 Å². The Bertz CT molecular complexity index is 421. The molecule has 1 rings (SSSR count). The van der Waals surface area contributed by atoms with Gasteiger partial charge < -0.3 is 10.7 Å². The van der Waals surface area contributed by atoms with Crippen molar-refractivity contribution in [2.45, 2.75) is 6.92 Å². The Hall–Kier alpha value is -1.98. The second kappa shape index (κ2) is 3.18. The van der Waals surface area contributed by atoms with E-state index in [2.05, 4.69) is 9.97 Å². The standard InChI is InChI=1S/C7H7N3O3/c1-3(11)4-2-9-5(6(8)12)7(13)10-4/h2H,1H3,(H2,8,12)(H,10,13). The van der Waals surface area contributed by atoms with Gasteiger partial charge in [0.25, 0.3) is 11.5 Å². The largest absolute Gasteiger partial charge is 0.364 e. The number of nitrogens with two attached hydrogens (primary N) is 1. The van der Waals surface area contributed by atoms with Crippen molar-refractivity contribution in [2.75, 3.05) is 0 Å². The Morgan fingerprint density at radius 3 is 2.54 bits per heavy atom. The number of Topliss-reactive ketones (excluding diaryl/α,β-unsaturated/α-hetero) is 1. The number of aromatic nitrogens is 2. The molecule has 1 aromatic rings. The monoisotopic (exact) mass is 181 g/mol. The lowest BCUT2D eigenvalue weighted by molar-refractivity contribution is 0.0984. The molecule has 0 aromatic carbocycles. The maximum atomic E-state index is 11.0. The molecule has 6 heteroatoms. The second-order valence-corrected chi connectivity index (χ2v) is 2.40. The molecule has 6 nitrogen and oxygen atoms in total. The first-order chi connectivity index (χ1) is 6.02. The number of ketones is 1. The molecule has 0 aliphatic carbocycles. The van der Waals surface area contributed by atoms with Crippen molar-refractivity contribution in [1.82, 2.24) is 9.97 Å². The van der Waals surface area contributed by atoms with Crippen molar-refractivity contribution in [3.05, 3.63) is 27.9 Å². The Labute approximate surface area is 72.8 Å². The summed E-state index contributed by atoms with van der Waals surface area (Å²) in [4.78, 5) is 38.0. The van der Waals surface area contributed by atoms with E-state index < -0.39 is 17.2 Å². The molecule has 1 aromatic heterocycles. The maximum Gasteiger partial charge on any atom is 0.280 e. The van der Waals surface area contributed by atoms with Gasteiger partial charge in [0.05, 0.1) is 6.20 Å². The van der Waals surface area contributed by atoms with E-state index in [0.717, 1.165) is 6.20 Å². The predicted molar refractivity (Wildman–Crippen MR) is 43.4 cm³/mol. The number of primary amides is 1. The Morgan fingerprint density at radius 2 is 2.15 bits per heavy atom. The Morgan fingerprint density at radius 1 is 1.54 bits per heavy atom. The number of rotatable bonds is 2. The van der Waals surface area contributed by atoms with Crippen LogP contribution in [-0.2, 0) is 0 Å². The number of carbonyl (C=O) groups excluding carboxylic acids is 2. The van der Waals surface area contributed by atoms with Crippen molar-refractivity contribution in [2.24, 2.45) is 5.73 Å². The van der Waals surface area contributed by atoms with E-state index in [1.54, 1.807) is 0 Å². The molecule has 0 bridgehead atoms. The smallest absolute Gasteiger partial charge is 0.280 e. The SMILES string of the molecule is CC(=O)c1cnc(C(N)=O)c(=O)[nH]1. The van der Waals surface area contributed by atoms with Crippen LogP contribution in [0.3, 0.4) is 0 Å². The second-order valence-electron chi connectivity index (χ2n) is 2.40. The van der Waals surface area contributed by atoms with Crippen LogP contribution in [0.4, 0.5) is 0 Å². The van der Waals surface area contributed by atoms with Gasteiger partial charge in [-0.2, -0.15) is 0 Å². The van der Waals surface area contributed by atoms with E-state index in [9.17, 15) is 14.4 Å². The predicted octanol–water partition coefficient (Wildman–Crippen LogP) is -0.929.